The highest BCUT2D eigenvalue weighted by Crippen LogP contribution is 2.33. The smallest absolute Gasteiger partial charge is 0.263 e. The Balaban J connectivity index is 2.40. The Bertz CT molecular complexity index is 932. The molecule has 0 aliphatic heterocycles. The molecule has 26 heavy (non-hydrogen) atoms. The third-order valence-corrected chi connectivity index (χ3v) is 4.60. The molecule has 2 heterocycles. The summed E-state index contributed by atoms with van der Waals surface area (Å²) in [6.45, 7) is 4.08. The Hall–Kier alpha value is -2.88. The molecule has 0 amide bonds. The second-order valence-corrected chi connectivity index (χ2v) is 6.31. The predicted octanol–water partition coefficient (Wildman–Crippen LogP) is 4.51. The number of aromatic nitrogens is 2. The molecule has 0 radical (unpaired) electrons. The standard InChI is InChI=1S/C22H24N2O2/c1-3-5-13-18-21(25)17(4-2)20(16-11-7-6-8-12-16)24(22(18)26)19-14-9-10-15-23-19/h6-12,14-15,25H,3-5,13H2,1-2H3. The number of nitrogens with zero attached hydrogens (tertiary/aromatic N) is 2. The Morgan fingerprint density at radius 2 is 1.73 bits per heavy atom. The van der Waals surface area contributed by atoms with Gasteiger partial charge in [-0.1, -0.05) is 56.7 Å². The second-order valence-electron chi connectivity index (χ2n) is 6.31. The first-order valence-electron chi connectivity index (χ1n) is 9.15. The number of aromatic hydroxyl groups is 1. The average Bonchev–Trinajstić information content (AvgIpc) is 2.69. The van der Waals surface area contributed by atoms with Crippen LogP contribution in [0.15, 0.2) is 59.5 Å². The fourth-order valence-electron chi connectivity index (χ4n) is 3.28. The molecule has 2 aromatic heterocycles. The second kappa shape index (κ2) is 8.00. The molecule has 134 valence electrons. The topological polar surface area (TPSA) is 55.1 Å². The zero-order valence-electron chi connectivity index (χ0n) is 15.3. The maximum Gasteiger partial charge on any atom is 0.263 e. The molecule has 0 aliphatic carbocycles. The summed E-state index contributed by atoms with van der Waals surface area (Å²) in [5.74, 6) is 0.709. The van der Waals surface area contributed by atoms with Crippen molar-refractivity contribution in [1.82, 2.24) is 9.55 Å². The first-order chi connectivity index (χ1) is 12.7. The van der Waals surface area contributed by atoms with E-state index in [1.807, 2.05) is 55.5 Å². The number of hydrogen-bond acceptors (Lipinski definition) is 3. The maximum atomic E-state index is 13.3. The molecule has 1 aromatic carbocycles. The first-order valence-corrected chi connectivity index (χ1v) is 9.15. The minimum absolute atomic E-state index is 0.136. The van der Waals surface area contributed by atoms with E-state index in [1.165, 1.54) is 0 Å². The van der Waals surface area contributed by atoms with Crippen LogP contribution in [0.1, 0.15) is 37.8 Å². The van der Waals surface area contributed by atoms with Gasteiger partial charge in [-0.3, -0.25) is 9.36 Å². The first kappa shape index (κ1) is 17.9. The molecule has 0 aliphatic rings. The third kappa shape index (κ3) is 3.27. The van der Waals surface area contributed by atoms with Crippen LogP contribution in [0.3, 0.4) is 0 Å². The van der Waals surface area contributed by atoms with Gasteiger partial charge in [0.2, 0.25) is 0 Å². The minimum Gasteiger partial charge on any atom is -0.507 e. The molecular weight excluding hydrogens is 324 g/mol. The lowest BCUT2D eigenvalue weighted by atomic mass is 9.97. The van der Waals surface area contributed by atoms with Crippen molar-refractivity contribution >= 4 is 0 Å². The summed E-state index contributed by atoms with van der Waals surface area (Å²) in [6, 6.07) is 15.2. The number of unbranched alkanes of at least 4 members (excludes halogenated alkanes) is 1. The summed E-state index contributed by atoms with van der Waals surface area (Å²) >= 11 is 0. The zero-order chi connectivity index (χ0) is 18.5. The van der Waals surface area contributed by atoms with E-state index in [0.29, 0.717) is 24.2 Å². The molecule has 0 unspecified atom stereocenters. The van der Waals surface area contributed by atoms with Gasteiger partial charge in [-0.25, -0.2) is 4.98 Å². The van der Waals surface area contributed by atoms with E-state index in [0.717, 1.165) is 29.7 Å². The summed E-state index contributed by atoms with van der Waals surface area (Å²) in [5.41, 5.74) is 2.69. The molecule has 3 rings (SSSR count). The van der Waals surface area contributed by atoms with Gasteiger partial charge >= 0.3 is 0 Å². The van der Waals surface area contributed by atoms with Gasteiger partial charge in [0.1, 0.15) is 11.6 Å². The quantitative estimate of drug-likeness (QED) is 0.713. The Kier molecular flexibility index (Phi) is 5.52. The summed E-state index contributed by atoms with van der Waals surface area (Å²) in [5, 5.41) is 10.9. The van der Waals surface area contributed by atoms with Crippen LogP contribution in [-0.2, 0) is 12.8 Å². The van der Waals surface area contributed by atoms with Gasteiger partial charge in [0.25, 0.3) is 5.56 Å². The molecule has 0 atom stereocenters. The minimum atomic E-state index is -0.189. The molecule has 0 saturated carbocycles. The van der Waals surface area contributed by atoms with Crippen molar-refractivity contribution < 1.29 is 5.11 Å². The third-order valence-electron chi connectivity index (χ3n) is 4.60. The molecule has 1 N–H and O–H groups in total. The lowest BCUT2D eigenvalue weighted by Gasteiger charge is -2.20. The fourth-order valence-corrected chi connectivity index (χ4v) is 3.28. The Morgan fingerprint density at radius 1 is 1.00 bits per heavy atom. The van der Waals surface area contributed by atoms with Crippen molar-refractivity contribution in [2.24, 2.45) is 0 Å². The van der Waals surface area contributed by atoms with E-state index >= 15 is 0 Å². The highest BCUT2D eigenvalue weighted by molar-refractivity contribution is 5.69. The van der Waals surface area contributed by atoms with Crippen LogP contribution in [0, 0.1) is 0 Å². The van der Waals surface area contributed by atoms with E-state index in [9.17, 15) is 9.90 Å². The van der Waals surface area contributed by atoms with Gasteiger partial charge < -0.3 is 5.11 Å². The summed E-state index contributed by atoms with van der Waals surface area (Å²) in [4.78, 5) is 17.7. The van der Waals surface area contributed by atoms with Gasteiger partial charge in [-0.15, -0.1) is 0 Å². The van der Waals surface area contributed by atoms with Crippen molar-refractivity contribution in [1.29, 1.82) is 0 Å². The van der Waals surface area contributed by atoms with E-state index < -0.39 is 0 Å². The highest BCUT2D eigenvalue weighted by Gasteiger charge is 2.22. The number of rotatable bonds is 6. The summed E-state index contributed by atoms with van der Waals surface area (Å²) < 4.78 is 1.65. The van der Waals surface area contributed by atoms with Crippen molar-refractivity contribution in [2.45, 2.75) is 39.5 Å². The zero-order valence-corrected chi connectivity index (χ0v) is 15.3. The van der Waals surface area contributed by atoms with Crippen molar-refractivity contribution in [3.05, 3.63) is 76.2 Å². The van der Waals surface area contributed by atoms with Crippen LogP contribution in [0.5, 0.6) is 5.75 Å². The van der Waals surface area contributed by atoms with Crippen LogP contribution in [0.2, 0.25) is 0 Å². The normalized spacial score (nSPS) is 10.8. The molecule has 4 nitrogen and oxygen atoms in total. The average molecular weight is 348 g/mol. The Morgan fingerprint density at radius 3 is 2.35 bits per heavy atom. The van der Waals surface area contributed by atoms with Crippen LogP contribution in [0.25, 0.3) is 17.1 Å². The SMILES string of the molecule is CCCCc1c(O)c(CC)c(-c2ccccc2)n(-c2ccccn2)c1=O. The van der Waals surface area contributed by atoms with Crippen LogP contribution >= 0.6 is 0 Å². The van der Waals surface area contributed by atoms with Crippen LogP contribution in [-0.4, -0.2) is 14.7 Å². The summed E-state index contributed by atoms with van der Waals surface area (Å²) in [6.07, 6.45) is 4.70. The molecular formula is C22H24N2O2. The lowest BCUT2D eigenvalue weighted by Crippen LogP contribution is -2.26. The fraction of sp³-hybridized carbons (Fsp3) is 0.273. The largest absolute Gasteiger partial charge is 0.507 e. The van der Waals surface area contributed by atoms with E-state index in [4.69, 9.17) is 0 Å². The van der Waals surface area contributed by atoms with Gasteiger partial charge in [-0.2, -0.15) is 0 Å². The van der Waals surface area contributed by atoms with E-state index in [-0.39, 0.29) is 11.3 Å². The van der Waals surface area contributed by atoms with Crippen molar-refractivity contribution in [3.63, 3.8) is 0 Å². The monoisotopic (exact) mass is 348 g/mol. The number of pyridine rings is 2. The maximum absolute atomic E-state index is 13.3. The molecule has 3 aromatic rings. The van der Waals surface area contributed by atoms with Gasteiger partial charge in [0.05, 0.1) is 11.3 Å². The van der Waals surface area contributed by atoms with Gasteiger partial charge in [0, 0.05) is 11.8 Å². The molecule has 0 bridgehead atoms. The summed E-state index contributed by atoms with van der Waals surface area (Å²) in [7, 11) is 0. The molecule has 0 saturated heterocycles. The van der Waals surface area contributed by atoms with Crippen molar-refractivity contribution in [3.8, 4) is 22.8 Å². The van der Waals surface area contributed by atoms with Crippen LogP contribution < -0.4 is 5.56 Å². The Labute approximate surface area is 153 Å². The number of benzene rings is 1. The van der Waals surface area contributed by atoms with Crippen molar-refractivity contribution in [2.75, 3.05) is 0 Å². The molecule has 4 heteroatoms. The van der Waals surface area contributed by atoms with Crippen LogP contribution in [0.4, 0.5) is 0 Å². The van der Waals surface area contributed by atoms with Gasteiger partial charge in [-0.05, 0) is 37.0 Å². The molecule has 0 fully saturated rings. The van der Waals surface area contributed by atoms with E-state index in [1.54, 1.807) is 10.8 Å². The predicted molar refractivity (Wildman–Crippen MR) is 105 cm³/mol. The highest BCUT2D eigenvalue weighted by atomic mass is 16.3. The number of hydrogen-bond donors (Lipinski definition) is 1. The molecule has 0 spiro atoms. The lowest BCUT2D eigenvalue weighted by molar-refractivity contribution is 0.457. The van der Waals surface area contributed by atoms with Gasteiger partial charge in [0.15, 0.2) is 0 Å². The van der Waals surface area contributed by atoms with E-state index in [2.05, 4.69) is 11.9 Å².